The molecule has 5 heteroatoms. The molecule has 1 atom stereocenters. The number of nitrogens with zero attached hydrogens (tertiary/aromatic N) is 1. The highest BCUT2D eigenvalue weighted by atomic mass is 32.2. The van der Waals surface area contributed by atoms with E-state index >= 15 is 0 Å². The van der Waals surface area contributed by atoms with Crippen molar-refractivity contribution in [2.75, 3.05) is 27.3 Å². The van der Waals surface area contributed by atoms with Gasteiger partial charge in [-0.3, -0.25) is 4.79 Å². The zero-order valence-corrected chi connectivity index (χ0v) is 18.0. The lowest BCUT2D eigenvalue weighted by Crippen LogP contribution is -2.43. The van der Waals surface area contributed by atoms with Gasteiger partial charge in [-0.1, -0.05) is 18.2 Å². The Labute approximate surface area is 177 Å². The Kier molecular flexibility index (Phi) is 6.34. The van der Waals surface area contributed by atoms with Gasteiger partial charge in [-0.2, -0.15) is 0 Å². The van der Waals surface area contributed by atoms with Gasteiger partial charge in [-0.15, -0.1) is 11.8 Å². The number of hydrogen-bond acceptors (Lipinski definition) is 4. The summed E-state index contributed by atoms with van der Waals surface area (Å²) >= 11 is 1.74. The van der Waals surface area contributed by atoms with Gasteiger partial charge < -0.3 is 14.4 Å². The number of likely N-dealkylation sites (tertiary alicyclic amines) is 1. The van der Waals surface area contributed by atoms with E-state index in [0.717, 1.165) is 56.7 Å². The molecule has 0 saturated carbocycles. The lowest BCUT2D eigenvalue weighted by atomic mass is 9.90. The minimum absolute atomic E-state index is 0.0631. The zero-order valence-electron chi connectivity index (χ0n) is 17.2. The van der Waals surface area contributed by atoms with E-state index in [9.17, 15) is 4.79 Å². The highest BCUT2D eigenvalue weighted by Gasteiger charge is 2.33. The van der Waals surface area contributed by atoms with Crippen LogP contribution in [-0.2, 0) is 17.6 Å². The normalized spacial score (nSPS) is 19.1. The van der Waals surface area contributed by atoms with Gasteiger partial charge in [0.05, 0.1) is 19.5 Å². The Morgan fingerprint density at radius 1 is 1.07 bits per heavy atom. The summed E-state index contributed by atoms with van der Waals surface area (Å²) in [4.78, 5) is 16.3. The minimum Gasteiger partial charge on any atom is -0.497 e. The molecule has 1 amide bonds. The molecule has 29 heavy (non-hydrogen) atoms. The molecule has 0 unspecified atom stereocenters. The van der Waals surface area contributed by atoms with E-state index in [4.69, 9.17) is 9.47 Å². The molecule has 154 valence electrons. The molecule has 2 aromatic carbocycles. The average molecular weight is 412 g/mol. The summed E-state index contributed by atoms with van der Waals surface area (Å²) in [5.74, 6) is 2.68. The van der Waals surface area contributed by atoms with Gasteiger partial charge in [-0.25, -0.2) is 0 Å². The molecule has 1 fully saturated rings. The molecule has 0 aromatic heterocycles. The monoisotopic (exact) mass is 411 g/mol. The van der Waals surface area contributed by atoms with Crippen LogP contribution in [-0.4, -0.2) is 43.4 Å². The van der Waals surface area contributed by atoms with E-state index < -0.39 is 0 Å². The standard InChI is InChI=1S/C24H29NO3S/c1-27-20-13-18(14-21(16-20)28-2)8-7-17-9-11-25(12-10-17)24(26)23-15-19-5-3-4-6-22(19)29-23/h3-6,13-14,16-17,23H,7-12,15H2,1-2H3/t23-/m1/s1. The van der Waals surface area contributed by atoms with Crippen LogP contribution in [0, 0.1) is 5.92 Å². The Morgan fingerprint density at radius 2 is 1.76 bits per heavy atom. The Hall–Kier alpha value is -2.14. The lowest BCUT2D eigenvalue weighted by molar-refractivity contribution is -0.131. The SMILES string of the molecule is COc1cc(CCC2CCN(C(=O)[C@H]3Cc4ccccc4S3)CC2)cc(OC)c1. The largest absolute Gasteiger partial charge is 0.497 e. The second-order valence-electron chi connectivity index (χ2n) is 7.95. The van der Waals surface area contributed by atoms with Crippen LogP contribution < -0.4 is 9.47 Å². The maximum atomic E-state index is 13.0. The Balaban J connectivity index is 1.26. The summed E-state index contributed by atoms with van der Waals surface area (Å²) in [7, 11) is 3.37. The van der Waals surface area contributed by atoms with Crippen LogP contribution in [0.15, 0.2) is 47.4 Å². The molecule has 0 N–H and O–H groups in total. The van der Waals surface area contributed by atoms with Gasteiger partial charge in [0, 0.05) is 24.1 Å². The zero-order chi connectivity index (χ0) is 20.2. The predicted octanol–water partition coefficient (Wildman–Crippen LogP) is 4.59. The molecule has 2 aliphatic rings. The first-order valence-electron chi connectivity index (χ1n) is 10.4. The van der Waals surface area contributed by atoms with Gasteiger partial charge in [0.25, 0.3) is 0 Å². The first kappa shape index (κ1) is 20.1. The highest BCUT2D eigenvalue weighted by Crippen LogP contribution is 2.38. The number of amides is 1. The number of fused-ring (bicyclic) bond motifs is 1. The predicted molar refractivity (Wildman–Crippen MR) is 117 cm³/mol. The van der Waals surface area contributed by atoms with E-state index in [1.54, 1.807) is 26.0 Å². The van der Waals surface area contributed by atoms with Crippen LogP contribution in [0.3, 0.4) is 0 Å². The maximum absolute atomic E-state index is 13.0. The fourth-order valence-electron chi connectivity index (χ4n) is 4.35. The third-order valence-corrected chi connectivity index (χ3v) is 7.41. The average Bonchev–Trinajstić information content (AvgIpc) is 3.21. The van der Waals surface area contributed by atoms with E-state index in [2.05, 4.69) is 41.3 Å². The molecule has 0 radical (unpaired) electrons. The van der Waals surface area contributed by atoms with Crippen LogP contribution in [0.25, 0.3) is 0 Å². The number of methoxy groups -OCH3 is 2. The third kappa shape index (κ3) is 4.72. The number of carbonyl (C=O) groups is 1. The van der Waals surface area contributed by atoms with Crippen LogP contribution in [0.4, 0.5) is 0 Å². The number of piperidine rings is 1. The van der Waals surface area contributed by atoms with Gasteiger partial charge in [-0.05, 0) is 67.3 Å². The van der Waals surface area contributed by atoms with Crippen LogP contribution in [0.1, 0.15) is 30.4 Å². The van der Waals surface area contributed by atoms with Gasteiger partial charge in [0.1, 0.15) is 11.5 Å². The fourth-order valence-corrected chi connectivity index (χ4v) is 5.63. The molecular weight excluding hydrogens is 382 g/mol. The molecule has 4 rings (SSSR count). The number of benzene rings is 2. The molecule has 1 saturated heterocycles. The first-order valence-corrected chi connectivity index (χ1v) is 11.3. The summed E-state index contributed by atoms with van der Waals surface area (Å²) in [6.45, 7) is 1.77. The van der Waals surface area contributed by atoms with Crippen molar-refractivity contribution in [3.05, 3.63) is 53.6 Å². The molecule has 0 spiro atoms. The molecule has 2 aliphatic heterocycles. The number of rotatable bonds is 6. The summed E-state index contributed by atoms with van der Waals surface area (Å²) < 4.78 is 10.8. The third-order valence-electron chi connectivity index (χ3n) is 6.10. The van der Waals surface area contributed by atoms with Gasteiger partial charge >= 0.3 is 0 Å². The van der Waals surface area contributed by atoms with Crippen molar-refractivity contribution in [1.29, 1.82) is 0 Å². The van der Waals surface area contributed by atoms with Gasteiger partial charge in [0.15, 0.2) is 0 Å². The van der Waals surface area contributed by atoms with Crippen LogP contribution in [0.2, 0.25) is 0 Å². The summed E-state index contributed by atoms with van der Waals surface area (Å²) in [5.41, 5.74) is 2.57. The van der Waals surface area contributed by atoms with E-state index in [1.807, 2.05) is 6.07 Å². The van der Waals surface area contributed by atoms with Crippen molar-refractivity contribution in [2.24, 2.45) is 5.92 Å². The van der Waals surface area contributed by atoms with E-state index in [-0.39, 0.29) is 5.25 Å². The molecule has 2 heterocycles. The molecule has 2 aromatic rings. The van der Waals surface area contributed by atoms with Crippen molar-refractivity contribution >= 4 is 17.7 Å². The summed E-state index contributed by atoms with van der Waals surface area (Å²) in [6, 6.07) is 14.5. The quantitative estimate of drug-likeness (QED) is 0.697. The topological polar surface area (TPSA) is 38.8 Å². The van der Waals surface area contributed by atoms with Gasteiger partial charge in [0.2, 0.25) is 5.91 Å². The van der Waals surface area contributed by atoms with Crippen molar-refractivity contribution in [1.82, 2.24) is 4.90 Å². The van der Waals surface area contributed by atoms with Crippen molar-refractivity contribution < 1.29 is 14.3 Å². The van der Waals surface area contributed by atoms with Crippen LogP contribution in [0.5, 0.6) is 11.5 Å². The van der Waals surface area contributed by atoms with Crippen molar-refractivity contribution in [3.63, 3.8) is 0 Å². The fraction of sp³-hybridized carbons (Fsp3) is 0.458. The number of ether oxygens (including phenoxy) is 2. The first-order chi connectivity index (χ1) is 14.2. The van der Waals surface area contributed by atoms with Crippen LogP contribution >= 0.6 is 11.8 Å². The molecule has 0 aliphatic carbocycles. The molecule has 0 bridgehead atoms. The number of hydrogen-bond donors (Lipinski definition) is 0. The lowest BCUT2D eigenvalue weighted by Gasteiger charge is -2.33. The second-order valence-corrected chi connectivity index (χ2v) is 9.19. The highest BCUT2D eigenvalue weighted by molar-refractivity contribution is 8.01. The van der Waals surface area contributed by atoms with Crippen molar-refractivity contribution in [2.45, 2.75) is 42.2 Å². The molecular formula is C24H29NO3S. The number of carbonyl (C=O) groups excluding carboxylic acids is 1. The van der Waals surface area contributed by atoms with E-state index in [1.165, 1.54) is 16.0 Å². The maximum Gasteiger partial charge on any atom is 0.236 e. The van der Waals surface area contributed by atoms with Crippen molar-refractivity contribution in [3.8, 4) is 11.5 Å². The summed E-state index contributed by atoms with van der Waals surface area (Å²) in [5, 5.41) is 0.0631. The summed E-state index contributed by atoms with van der Waals surface area (Å²) in [6.07, 6.45) is 5.22. The number of aryl methyl sites for hydroxylation is 1. The Morgan fingerprint density at radius 3 is 2.41 bits per heavy atom. The minimum atomic E-state index is 0.0631. The molecule has 4 nitrogen and oxygen atoms in total. The number of thioether (sulfide) groups is 1. The smallest absolute Gasteiger partial charge is 0.236 e. The van der Waals surface area contributed by atoms with E-state index in [0.29, 0.717) is 11.8 Å². The Bertz CT molecular complexity index is 814. The second kappa shape index (κ2) is 9.12.